The third kappa shape index (κ3) is 4.87. The van der Waals surface area contributed by atoms with Gasteiger partial charge in [0.15, 0.2) is 13.2 Å². The molecular formula is C19H23N3O6. The van der Waals surface area contributed by atoms with Gasteiger partial charge in [-0.1, -0.05) is 32.0 Å². The summed E-state index contributed by atoms with van der Waals surface area (Å²) in [6, 6.07) is 8.62. The Morgan fingerprint density at radius 1 is 1.11 bits per heavy atom. The lowest BCUT2D eigenvalue weighted by molar-refractivity contribution is -0.144. The zero-order chi connectivity index (χ0) is 20.8. The van der Waals surface area contributed by atoms with E-state index >= 15 is 0 Å². The first-order chi connectivity index (χ1) is 13.2. The first-order valence-electron chi connectivity index (χ1n) is 8.68. The maximum absolute atomic E-state index is 12.4. The van der Waals surface area contributed by atoms with Crippen LogP contribution in [0.5, 0.6) is 5.75 Å². The fourth-order valence-electron chi connectivity index (χ4n) is 2.51. The van der Waals surface area contributed by atoms with Crippen LogP contribution in [0.1, 0.15) is 24.2 Å². The average molecular weight is 389 g/mol. The molecule has 0 atom stereocenters. The van der Waals surface area contributed by atoms with Crippen molar-refractivity contribution in [3.63, 3.8) is 0 Å². The number of benzene rings is 1. The Labute approximate surface area is 161 Å². The highest BCUT2D eigenvalue weighted by Crippen LogP contribution is 2.10. The molecule has 0 saturated heterocycles. The van der Waals surface area contributed by atoms with Crippen molar-refractivity contribution in [1.29, 1.82) is 0 Å². The van der Waals surface area contributed by atoms with E-state index in [0.717, 1.165) is 4.57 Å². The summed E-state index contributed by atoms with van der Waals surface area (Å²) < 4.78 is 12.1. The van der Waals surface area contributed by atoms with Crippen molar-refractivity contribution in [2.75, 3.05) is 18.9 Å². The lowest BCUT2D eigenvalue weighted by Crippen LogP contribution is -2.43. The fraction of sp³-hybridized carbons (Fsp3) is 0.368. The maximum Gasteiger partial charge on any atom is 0.344 e. The van der Waals surface area contributed by atoms with Gasteiger partial charge >= 0.3 is 11.7 Å². The van der Waals surface area contributed by atoms with Crippen LogP contribution in [0.4, 0.5) is 5.82 Å². The van der Waals surface area contributed by atoms with Crippen molar-refractivity contribution in [2.24, 2.45) is 13.0 Å². The molecule has 0 radical (unpaired) electrons. The summed E-state index contributed by atoms with van der Waals surface area (Å²) in [5.41, 5.74) is 4.09. The van der Waals surface area contributed by atoms with Gasteiger partial charge in [-0.15, -0.1) is 0 Å². The maximum atomic E-state index is 12.4. The van der Waals surface area contributed by atoms with Crippen LogP contribution in [0.3, 0.4) is 0 Å². The molecule has 1 aromatic carbocycles. The van der Waals surface area contributed by atoms with Crippen molar-refractivity contribution in [3.8, 4) is 5.75 Å². The number of rotatable bonds is 8. The molecule has 1 heterocycles. The van der Waals surface area contributed by atoms with E-state index in [1.165, 1.54) is 11.6 Å². The van der Waals surface area contributed by atoms with Gasteiger partial charge in [-0.2, -0.15) is 0 Å². The van der Waals surface area contributed by atoms with Gasteiger partial charge in [0.2, 0.25) is 5.78 Å². The molecule has 0 fully saturated rings. The number of para-hydroxylation sites is 1. The smallest absolute Gasteiger partial charge is 0.344 e. The number of anilines is 1. The Hall–Kier alpha value is -3.36. The standard InChI is InChI=1S/C19H23N3O6/c1-12(2)9-22-17(20)16(18(25)21(3)19(22)26)14(23)10-28-15(24)11-27-13-7-5-4-6-8-13/h4-8,12H,9-11,20H2,1-3H3. The Balaban J connectivity index is 2.11. The second-order valence-electron chi connectivity index (χ2n) is 6.60. The molecule has 2 rings (SSSR count). The van der Waals surface area contributed by atoms with Crippen LogP contribution in [0.25, 0.3) is 0 Å². The summed E-state index contributed by atoms with van der Waals surface area (Å²) in [5.74, 6) is -1.26. The van der Waals surface area contributed by atoms with Crippen LogP contribution in [-0.2, 0) is 23.1 Å². The molecule has 2 N–H and O–H groups in total. The number of hydrogen-bond donors (Lipinski definition) is 1. The predicted octanol–water partition coefficient (Wildman–Crippen LogP) is 0.590. The van der Waals surface area contributed by atoms with Crippen LogP contribution < -0.4 is 21.7 Å². The molecule has 28 heavy (non-hydrogen) atoms. The van der Waals surface area contributed by atoms with Crippen molar-refractivity contribution in [1.82, 2.24) is 9.13 Å². The van der Waals surface area contributed by atoms with E-state index < -0.39 is 36.2 Å². The van der Waals surface area contributed by atoms with Crippen LogP contribution in [0.2, 0.25) is 0 Å². The summed E-state index contributed by atoms with van der Waals surface area (Å²) in [4.78, 5) is 48.8. The van der Waals surface area contributed by atoms with Crippen molar-refractivity contribution in [2.45, 2.75) is 20.4 Å². The third-order valence-corrected chi connectivity index (χ3v) is 3.87. The monoisotopic (exact) mass is 389 g/mol. The summed E-state index contributed by atoms with van der Waals surface area (Å²) in [7, 11) is 1.26. The Morgan fingerprint density at radius 2 is 1.75 bits per heavy atom. The first-order valence-corrected chi connectivity index (χ1v) is 8.68. The van der Waals surface area contributed by atoms with E-state index in [4.69, 9.17) is 15.2 Å². The number of esters is 1. The molecule has 0 aliphatic rings. The highest BCUT2D eigenvalue weighted by atomic mass is 16.6. The second-order valence-corrected chi connectivity index (χ2v) is 6.60. The number of carbonyl (C=O) groups is 2. The lowest BCUT2D eigenvalue weighted by Gasteiger charge is -2.16. The van der Waals surface area contributed by atoms with E-state index in [0.29, 0.717) is 5.75 Å². The number of Topliss-reactive ketones (excluding diaryl/α,β-unsaturated/α-hetero) is 1. The van der Waals surface area contributed by atoms with Crippen LogP contribution in [-0.4, -0.2) is 34.1 Å². The summed E-state index contributed by atoms with van der Waals surface area (Å²) in [6.45, 7) is 2.90. The molecule has 2 aromatic rings. The van der Waals surface area contributed by atoms with Gasteiger partial charge in [0.25, 0.3) is 5.56 Å². The minimum Gasteiger partial charge on any atom is -0.482 e. The van der Waals surface area contributed by atoms with E-state index in [9.17, 15) is 19.2 Å². The normalized spacial score (nSPS) is 10.7. The van der Waals surface area contributed by atoms with Crippen molar-refractivity contribution >= 4 is 17.6 Å². The number of ether oxygens (including phenoxy) is 2. The number of aromatic nitrogens is 2. The van der Waals surface area contributed by atoms with Gasteiger partial charge < -0.3 is 15.2 Å². The molecule has 9 nitrogen and oxygen atoms in total. The molecule has 0 amide bonds. The molecule has 0 aliphatic carbocycles. The van der Waals surface area contributed by atoms with Gasteiger partial charge in [-0.25, -0.2) is 9.59 Å². The lowest BCUT2D eigenvalue weighted by atomic mass is 10.1. The summed E-state index contributed by atoms with van der Waals surface area (Å²) >= 11 is 0. The van der Waals surface area contributed by atoms with Crippen LogP contribution >= 0.6 is 0 Å². The first kappa shape index (κ1) is 20.9. The predicted molar refractivity (Wildman–Crippen MR) is 102 cm³/mol. The summed E-state index contributed by atoms with van der Waals surface area (Å²) in [5, 5.41) is 0. The number of nitrogens with zero attached hydrogens (tertiary/aromatic N) is 2. The Morgan fingerprint density at radius 3 is 2.36 bits per heavy atom. The van der Waals surface area contributed by atoms with E-state index in [-0.39, 0.29) is 23.8 Å². The third-order valence-electron chi connectivity index (χ3n) is 3.87. The van der Waals surface area contributed by atoms with E-state index in [1.807, 2.05) is 13.8 Å². The minimum absolute atomic E-state index is 0.0633. The molecule has 9 heteroatoms. The van der Waals surface area contributed by atoms with Crippen molar-refractivity contribution < 1.29 is 19.1 Å². The Bertz CT molecular complexity index is 976. The SMILES string of the molecule is CC(C)Cn1c(N)c(C(=O)COC(=O)COc2ccccc2)c(=O)n(C)c1=O. The van der Waals surface area contributed by atoms with Crippen LogP contribution in [0, 0.1) is 5.92 Å². The zero-order valence-electron chi connectivity index (χ0n) is 16.0. The largest absolute Gasteiger partial charge is 0.482 e. The highest BCUT2D eigenvalue weighted by molar-refractivity contribution is 6.01. The highest BCUT2D eigenvalue weighted by Gasteiger charge is 2.23. The van der Waals surface area contributed by atoms with Gasteiger partial charge in [0, 0.05) is 13.6 Å². The fourth-order valence-corrected chi connectivity index (χ4v) is 2.51. The zero-order valence-corrected chi connectivity index (χ0v) is 16.0. The summed E-state index contributed by atoms with van der Waals surface area (Å²) in [6.07, 6.45) is 0. The topological polar surface area (TPSA) is 123 Å². The van der Waals surface area contributed by atoms with E-state index in [2.05, 4.69) is 0 Å². The molecule has 0 unspecified atom stereocenters. The molecular weight excluding hydrogens is 366 g/mol. The van der Waals surface area contributed by atoms with Gasteiger partial charge in [0.1, 0.15) is 17.1 Å². The van der Waals surface area contributed by atoms with Crippen LogP contribution in [0.15, 0.2) is 39.9 Å². The number of nitrogens with two attached hydrogens (primary N) is 1. The number of hydrogen-bond acceptors (Lipinski definition) is 7. The number of ketones is 1. The minimum atomic E-state index is -0.830. The molecule has 0 spiro atoms. The molecule has 1 aromatic heterocycles. The van der Waals surface area contributed by atoms with Gasteiger partial charge in [-0.3, -0.25) is 18.7 Å². The number of carbonyl (C=O) groups excluding carboxylic acids is 2. The second kappa shape index (κ2) is 9.03. The van der Waals surface area contributed by atoms with Gasteiger partial charge in [0.05, 0.1) is 0 Å². The van der Waals surface area contributed by atoms with E-state index in [1.54, 1.807) is 30.3 Å². The number of nitrogen functional groups attached to an aromatic ring is 1. The molecule has 0 aliphatic heterocycles. The van der Waals surface area contributed by atoms with Gasteiger partial charge in [-0.05, 0) is 18.1 Å². The molecule has 0 saturated carbocycles. The Kier molecular flexibility index (Phi) is 6.75. The molecule has 0 bridgehead atoms. The van der Waals surface area contributed by atoms with Crippen molar-refractivity contribution in [3.05, 3.63) is 56.7 Å². The average Bonchev–Trinajstić information content (AvgIpc) is 2.67. The molecule has 150 valence electrons. The quantitative estimate of drug-likeness (QED) is 0.518.